The second-order valence-electron chi connectivity index (χ2n) is 5.25. The lowest BCUT2D eigenvalue weighted by atomic mass is 10.3. The van der Waals surface area contributed by atoms with Crippen LogP contribution in [-0.2, 0) is 14.8 Å². The average Bonchev–Trinajstić information content (AvgIpc) is 2.44. The first-order chi connectivity index (χ1) is 10.7. The van der Waals surface area contributed by atoms with Gasteiger partial charge in [-0.25, -0.2) is 8.42 Å². The van der Waals surface area contributed by atoms with Gasteiger partial charge >= 0.3 is 0 Å². The van der Waals surface area contributed by atoms with Gasteiger partial charge in [0.2, 0.25) is 15.9 Å². The number of carbonyl (C=O) groups excluding carboxylic acids is 1. The summed E-state index contributed by atoms with van der Waals surface area (Å²) in [5.41, 5.74) is 0.250. The average molecular weight is 381 g/mol. The van der Waals surface area contributed by atoms with E-state index in [0.717, 1.165) is 23.4 Å². The van der Waals surface area contributed by atoms with Crippen LogP contribution in [0.5, 0.6) is 0 Å². The molecule has 23 heavy (non-hydrogen) atoms. The van der Waals surface area contributed by atoms with E-state index >= 15 is 0 Å². The van der Waals surface area contributed by atoms with Crippen LogP contribution in [0.2, 0.25) is 10.0 Å². The summed E-state index contributed by atoms with van der Waals surface area (Å²) in [6, 6.07) is 4.50. The van der Waals surface area contributed by atoms with Crippen LogP contribution < -0.4 is 4.31 Å². The van der Waals surface area contributed by atoms with Gasteiger partial charge in [0, 0.05) is 18.1 Å². The Morgan fingerprint density at radius 3 is 2.13 bits per heavy atom. The number of halogens is 2. The highest BCUT2D eigenvalue weighted by atomic mass is 35.5. The lowest BCUT2D eigenvalue weighted by Crippen LogP contribution is -2.43. The molecule has 1 amide bonds. The lowest BCUT2D eigenvalue weighted by Gasteiger charge is -2.27. The van der Waals surface area contributed by atoms with Gasteiger partial charge in [-0.2, -0.15) is 0 Å². The van der Waals surface area contributed by atoms with E-state index in [9.17, 15) is 13.2 Å². The standard InChI is InChI=1S/C15H22Cl2N2O3S/c1-4-8-18(9-5-2)15(20)11-19(23(3,21)22)14-7-6-12(16)10-13(14)17/h6-7,10H,4-5,8-9,11H2,1-3H3. The van der Waals surface area contributed by atoms with Gasteiger partial charge in [-0.1, -0.05) is 37.0 Å². The zero-order chi connectivity index (χ0) is 17.6. The molecule has 0 bridgehead atoms. The molecule has 0 unspecified atom stereocenters. The van der Waals surface area contributed by atoms with Crippen LogP contribution in [0.25, 0.3) is 0 Å². The summed E-state index contributed by atoms with van der Waals surface area (Å²) in [7, 11) is -3.65. The lowest BCUT2D eigenvalue weighted by molar-refractivity contribution is -0.129. The van der Waals surface area contributed by atoms with Crippen molar-refractivity contribution < 1.29 is 13.2 Å². The summed E-state index contributed by atoms with van der Waals surface area (Å²) in [6.45, 7) is 4.86. The van der Waals surface area contributed by atoms with E-state index < -0.39 is 10.0 Å². The van der Waals surface area contributed by atoms with Crippen molar-refractivity contribution in [2.45, 2.75) is 26.7 Å². The Morgan fingerprint density at radius 2 is 1.70 bits per heavy atom. The van der Waals surface area contributed by atoms with Crippen molar-refractivity contribution in [3.05, 3.63) is 28.2 Å². The van der Waals surface area contributed by atoms with Crippen molar-refractivity contribution in [1.82, 2.24) is 4.90 Å². The van der Waals surface area contributed by atoms with Crippen LogP contribution >= 0.6 is 23.2 Å². The Labute approximate surface area is 148 Å². The maximum absolute atomic E-state index is 12.5. The molecule has 0 saturated heterocycles. The van der Waals surface area contributed by atoms with Crippen LogP contribution in [0.15, 0.2) is 18.2 Å². The van der Waals surface area contributed by atoms with Gasteiger partial charge in [-0.15, -0.1) is 0 Å². The van der Waals surface area contributed by atoms with Gasteiger partial charge in [-0.05, 0) is 31.0 Å². The summed E-state index contributed by atoms with van der Waals surface area (Å²) in [5, 5.41) is 0.588. The topological polar surface area (TPSA) is 57.7 Å². The molecule has 130 valence electrons. The van der Waals surface area contributed by atoms with Gasteiger partial charge in [0.05, 0.1) is 17.0 Å². The van der Waals surface area contributed by atoms with Gasteiger partial charge in [0.15, 0.2) is 0 Å². The van der Waals surface area contributed by atoms with E-state index in [4.69, 9.17) is 23.2 Å². The molecule has 0 spiro atoms. The summed E-state index contributed by atoms with van der Waals surface area (Å²) in [6.07, 6.45) is 2.67. The minimum absolute atomic E-state index is 0.188. The first-order valence-corrected chi connectivity index (χ1v) is 10.0. The van der Waals surface area contributed by atoms with E-state index in [1.54, 1.807) is 11.0 Å². The number of hydrogen-bond acceptors (Lipinski definition) is 3. The Hall–Kier alpha value is -0.980. The van der Waals surface area contributed by atoms with Gasteiger partial charge < -0.3 is 4.90 Å². The van der Waals surface area contributed by atoms with Gasteiger partial charge in [0.25, 0.3) is 0 Å². The van der Waals surface area contributed by atoms with Crippen LogP contribution in [-0.4, -0.2) is 45.1 Å². The zero-order valence-electron chi connectivity index (χ0n) is 13.6. The minimum Gasteiger partial charge on any atom is -0.341 e. The highest BCUT2D eigenvalue weighted by Crippen LogP contribution is 2.30. The van der Waals surface area contributed by atoms with E-state index in [2.05, 4.69) is 0 Å². The van der Waals surface area contributed by atoms with Crippen molar-refractivity contribution in [3.63, 3.8) is 0 Å². The molecule has 0 heterocycles. The molecule has 0 aliphatic heterocycles. The minimum atomic E-state index is -3.65. The molecule has 1 aromatic rings. The number of nitrogens with zero attached hydrogens (tertiary/aromatic N) is 2. The third-order valence-corrected chi connectivity index (χ3v) is 4.86. The van der Waals surface area contributed by atoms with E-state index in [1.165, 1.54) is 12.1 Å². The van der Waals surface area contributed by atoms with Crippen molar-refractivity contribution in [2.75, 3.05) is 30.2 Å². The van der Waals surface area contributed by atoms with Crippen LogP contribution in [0.1, 0.15) is 26.7 Å². The number of anilines is 1. The van der Waals surface area contributed by atoms with Crippen molar-refractivity contribution in [2.24, 2.45) is 0 Å². The highest BCUT2D eigenvalue weighted by molar-refractivity contribution is 7.92. The third-order valence-electron chi connectivity index (χ3n) is 3.20. The molecule has 8 heteroatoms. The van der Waals surface area contributed by atoms with Crippen LogP contribution in [0.3, 0.4) is 0 Å². The van der Waals surface area contributed by atoms with E-state index in [1.807, 2.05) is 13.8 Å². The molecule has 0 saturated carbocycles. The van der Waals surface area contributed by atoms with E-state index in [0.29, 0.717) is 18.1 Å². The Morgan fingerprint density at radius 1 is 1.13 bits per heavy atom. The maximum Gasteiger partial charge on any atom is 0.243 e. The Kier molecular flexibility index (Phi) is 7.64. The summed E-state index contributed by atoms with van der Waals surface area (Å²) >= 11 is 11.9. The number of sulfonamides is 1. The van der Waals surface area contributed by atoms with E-state index in [-0.39, 0.29) is 23.2 Å². The molecule has 0 aliphatic carbocycles. The molecular formula is C15H22Cl2N2O3S. The molecule has 0 aliphatic rings. The molecule has 0 atom stereocenters. The quantitative estimate of drug-likeness (QED) is 0.694. The molecule has 5 nitrogen and oxygen atoms in total. The van der Waals surface area contributed by atoms with Crippen molar-refractivity contribution in [3.8, 4) is 0 Å². The second-order valence-corrected chi connectivity index (χ2v) is 8.00. The van der Waals surface area contributed by atoms with Gasteiger partial charge in [-0.3, -0.25) is 9.10 Å². The smallest absolute Gasteiger partial charge is 0.243 e. The summed E-state index contributed by atoms with van der Waals surface area (Å²) in [5.74, 6) is -0.245. The molecule has 0 N–H and O–H groups in total. The summed E-state index contributed by atoms with van der Waals surface area (Å²) in [4.78, 5) is 14.2. The Balaban J connectivity index is 3.11. The zero-order valence-corrected chi connectivity index (χ0v) is 15.9. The normalized spacial score (nSPS) is 11.3. The second kappa shape index (κ2) is 8.76. The fraction of sp³-hybridized carbons (Fsp3) is 0.533. The SMILES string of the molecule is CCCN(CCC)C(=O)CN(c1ccc(Cl)cc1Cl)S(C)(=O)=O. The first kappa shape index (κ1) is 20.1. The molecule has 1 rings (SSSR count). The van der Waals surface area contributed by atoms with Crippen molar-refractivity contribution in [1.29, 1.82) is 0 Å². The fourth-order valence-corrected chi connectivity index (χ4v) is 3.61. The first-order valence-electron chi connectivity index (χ1n) is 7.41. The molecule has 0 radical (unpaired) electrons. The Bertz CT molecular complexity index is 644. The molecule has 0 fully saturated rings. The number of amides is 1. The number of hydrogen-bond donors (Lipinski definition) is 0. The summed E-state index contributed by atoms with van der Waals surface area (Å²) < 4.78 is 25.2. The monoisotopic (exact) mass is 380 g/mol. The number of benzene rings is 1. The molecule has 1 aromatic carbocycles. The number of rotatable bonds is 8. The highest BCUT2D eigenvalue weighted by Gasteiger charge is 2.25. The molecular weight excluding hydrogens is 359 g/mol. The number of carbonyl (C=O) groups is 1. The van der Waals surface area contributed by atoms with Crippen molar-refractivity contribution >= 4 is 44.8 Å². The molecule has 0 aromatic heterocycles. The largest absolute Gasteiger partial charge is 0.341 e. The fourth-order valence-electron chi connectivity index (χ4n) is 2.19. The van der Waals surface area contributed by atoms with Crippen LogP contribution in [0, 0.1) is 0 Å². The van der Waals surface area contributed by atoms with Crippen LogP contribution in [0.4, 0.5) is 5.69 Å². The predicted molar refractivity (Wildman–Crippen MR) is 95.8 cm³/mol. The maximum atomic E-state index is 12.5. The third kappa shape index (κ3) is 5.86. The van der Waals surface area contributed by atoms with Gasteiger partial charge in [0.1, 0.15) is 6.54 Å². The predicted octanol–water partition coefficient (Wildman–Crippen LogP) is 3.41.